The lowest BCUT2D eigenvalue weighted by atomic mass is 10.0. The van der Waals surface area contributed by atoms with E-state index in [2.05, 4.69) is 0 Å². The van der Waals surface area contributed by atoms with E-state index in [-0.39, 0.29) is 36.7 Å². The summed E-state index contributed by atoms with van der Waals surface area (Å²) in [4.78, 5) is 11.4. The second kappa shape index (κ2) is 8.48. The molecule has 2 atom stereocenters. The van der Waals surface area contributed by atoms with Gasteiger partial charge in [0.05, 0.1) is 11.0 Å². The fraction of sp³-hybridized carbons (Fsp3) is 0.350. The molecule has 1 fully saturated rings. The Morgan fingerprint density at radius 2 is 1.93 bits per heavy atom. The van der Waals surface area contributed by atoms with Crippen LogP contribution in [0.15, 0.2) is 47.4 Å². The Bertz CT molecular complexity index is 993. The van der Waals surface area contributed by atoms with Crippen LogP contribution >= 0.6 is 0 Å². The predicted molar refractivity (Wildman–Crippen MR) is 102 cm³/mol. The second-order valence-electron chi connectivity index (χ2n) is 6.98. The number of hydrogen-bond acceptors (Lipinski definition) is 5. The van der Waals surface area contributed by atoms with Gasteiger partial charge in [-0.25, -0.2) is 12.8 Å². The fourth-order valence-corrected chi connectivity index (χ4v) is 4.84. The lowest BCUT2D eigenvalue weighted by Crippen LogP contribution is -2.51. The van der Waals surface area contributed by atoms with Crippen LogP contribution in [0.5, 0.6) is 5.75 Å². The smallest absolute Gasteiger partial charge is 0.322 e. The third-order valence-corrected chi connectivity index (χ3v) is 6.87. The zero-order valence-electron chi connectivity index (χ0n) is 15.8. The minimum absolute atomic E-state index is 0.0607. The second-order valence-corrected chi connectivity index (χ2v) is 8.87. The van der Waals surface area contributed by atoms with E-state index in [9.17, 15) is 27.8 Å². The topological polar surface area (TPSA) is 104 Å². The number of carbonyl (C=O) groups is 1. The van der Waals surface area contributed by atoms with Crippen molar-refractivity contribution in [3.05, 3.63) is 59.4 Å². The van der Waals surface area contributed by atoms with Crippen LogP contribution in [-0.4, -0.2) is 47.6 Å². The van der Waals surface area contributed by atoms with E-state index in [1.807, 2.05) is 6.92 Å². The minimum Gasteiger partial charge on any atom is -0.489 e. The van der Waals surface area contributed by atoms with E-state index in [0.29, 0.717) is 11.3 Å². The number of aliphatic hydroxyl groups excluding tert-OH is 1. The summed E-state index contributed by atoms with van der Waals surface area (Å²) in [5, 5.41) is 19.0. The summed E-state index contributed by atoms with van der Waals surface area (Å²) < 4.78 is 45.6. The molecule has 1 heterocycles. The molecule has 0 bridgehead atoms. The SMILES string of the molecule is Cc1ccc(F)cc1COc1ccc(S(=O)(=O)N2CCC(O)CC2C(=O)O)cc1. The number of sulfonamides is 1. The summed E-state index contributed by atoms with van der Waals surface area (Å²) in [5.41, 5.74) is 1.55. The molecule has 2 aromatic rings. The average Bonchev–Trinajstić information content (AvgIpc) is 2.68. The van der Waals surface area contributed by atoms with Crippen LogP contribution in [0.1, 0.15) is 24.0 Å². The molecule has 3 rings (SSSR count). The van der Waals surface area contributed by atoms with Crippen molar-refractivity contribution in [3.8, 4) is 5.75 Å². The number of halogens is 1. The van der Waals surface area contributed by atoms with Gasteiger partial charge in [0.25, 0.3) is 0 Å². The van der Waals surface area contributed by atoms with Crippen molar-refractivity contribution in [1.29, 1.82) is 0 Å². The van der Waals surface area contributed by atoms with Crippen LogP contribution in [0.3, 0.4) is 0 Å². The Morgan fingerprint density at radius 3 is 2.59 bits per heavy atom. The molecule has 1 saturated heterocycles. The van der Waals surface area contributed by atoms with Crippen LogP contribution in [-0.2, 0) is 21.4 Å². The van der Waals surface area contributed by atoms with Crippen molar-refractivity contribution in [2.45, 2.75) is 43.4 Å². The average molecular weight is 423 g/mol. The van der Waals surface area contributed by atoms with Gasteiger partial charge in [-0.05, 0) is 60.9 Å². The molecule has 1 aliphatic heterocycles. The van der Waals surface area contributed by atoms with Crippen LogP contribution < -0.4 is 4.74 Å². The molecule has 0 amide bonds. The summed E-state index contributed by atoms with van der Waals surface area (Å²) in [7, 11) is -4.04. The molecule has 0 aromatic heterocycles. The highest BCUT2D eigenvalue weighted by atomic mass is 32.2. The monoisotopic (exact) mass is 423 g/mol. The Morgan fingerprint density at radius 1 is 1.24 bits per heavy atom. The number of benzene rings is 2. The maximum atomic E-state index is 13.4. The Balaban J connectivity index is 1.74. The lowest BCUT2D eigenvalue weighted by molar-refractivity contribution is -0.143. The van der Waals surface area contributed by atoms with Gasteiger partial charge in [-0.1, -0.05) is 6.07 Å². The van der Waals surface area contributed by atoms with Gasteiger partial charge in [0, 0.05) is 13.0 Å². The number of hydrogen-bond donors (Lipinski definition) is 2. The largest absolute Gasteiger partial charge is 0.489 e. The number of nitrogens with zero attached hydrogens (tertiary/aromatic N) is 1. The Kier molecular flexibility index (Phi) is 6.21. The fourth-order valence-electron chi connectivity index (χ4n) is 3.24. The zero-order chi connectivity index (χ0) is 21.2. The summed E-state index contributed by atoms with van der Waals surface area (Å²) in [6.07, 6.45) is -0.815. The van der Waals surface area contributed by atoms with Crippen LogP contribution in [0.2, 0.25) is 0 Å². The number of rotatable bonds is 6. The maximum Gasteiger partial charge on any atom is 0.322 e. The third-order valence-electron chi connectivity index (χ3n) is 4.95. The lowest BCUT2D eigenvalue weighted by Gasteiger charge is -2.34. The van der Waals surface area contributed by atoms with Crippen molar-refractivity contribution in [2.24, 2.45) is 0 Å². The molecule has 2 unspecified atom stereocenters. The molecule has 0 radical (unpaired) electrons. The van der Waals surface area contributed by atoms with Crippen LogP contribution in [0, 0.1) is 12.7 Å². The normalized spacial score (nSPS) is 20.4. The first kappa shape index (κ1) is 21.2. The number of aliphatic hydroxyl groups is 1. The van der Waals surface area contributed by atoms with E-state index in [1.54, 1.807) is 6.07 Å². The summed E-state index contributed by atoms with van der Waals surface area (Å²) in [6.45, 7) is 1.89. The molecular weight excluding hydrogens is 401 g/mol. The van der Waals surface area contributed by atoms with Crippen molar-refractivity contribution in [3.63, 3.8) is 0 Å². The van der Waals surface area contributed by atoms with E-state index in [0.717, 1.165) is 9.87 Å². The van der Waals surface area contributed by atoms with Crippen molar-refractivity contribution >= 4 is 16.0 Å². The summed E-state index contributed by atoms with van der Waals surface area (Å²) >= 11 is 0. The van der Waals surface area contributed by atoms with Gasteiger partial charge >= 0.3 is 5.97 Å². The maximum absolute atomic E-state index is 13.4. The van der Waals surface area contributed by atoms with Gasteiger partial charge < -0.3 is 14.9 Å². The van der Waals surface area contributed by atoms with Crippen molar-refractivity contribution in [2.75, 3.05) is 6.54 Å². The van der Waals surface area contributed by atoms with Gasteiger partial charge in [-0.3, -0.25) is 4.79 Å². The van der Waals surface area contributed by atoms with Gasteiger partial charge in [-0.2, -0.15) is 4.31 Å². The van der Waals surface area contributed by atoms with Gasteiger partial charge in [0.15, 0.2) is 0 Å². The Labute approximate surface area is 168 Å². The first-order valence-corrected chi connectivity index (χ1v) is 10.5. The molecule has 29 heavy (non-hydrogen) atoms. The number of aryl methyl sites for hydroxylation is 1. The highest BCUT2D eigenvalue weighted by Crippen LogP contribution is 2.27. The zero-order valence-corrected chi connectivity index (χ0v) is 16.6. The summed E-state index contributed by atoms with van der Waals surface area (Å²) in [6, 6.07) is 8.70. The molecule has 2 aromatic carbocycles. The van der Waals surface area contributed by atoms with E-state index >= 15 is 0 Å². The van der Waals surface area contributed by atoms with E-state index < -0.39 is 28.1 Å². The van der Waals surface area contributed by atoms with Crippen molar-refractivity contribution < 1.29 is 32.6 Å². The molecule has 156 valence electrons. The molecule has 0 saturated carbocycles. The van der Waals surface area contributed by atoms with Gasteiger partial charge in [0.1, 0.15) is 24.2 Å². The highest BCUT2D eigenvalue weighted by molar-refractivity contribution is 7.89. The number of carboxylic acids is 1. The van der Waals surface area contributed by atoms with Gasteiger partial charge in [0.2, 0.25) is 10.0 Å². The molecule has 2 N–H and O–H groups in total. The molecule has 7 nitrogen and oxygen atoms in total. The molecule has 9 heteroatoms. The molecular formula is C20H22FNO6S. The van der Waals surface area contributed by atoms with E-state index in [1.165, 1.54) is 36.4 Å². The molecule has 1 aliphatic rings. The number of ether oxygens (including phenoxy) is 1. The van der Waals surface area contributed by atoms with Crippen LogP contribution in [0.25, 0.3) is 0 Å². The van der Waals surface area contributed by atoms with Crippen LogP contribution in [0.4, 0.5) is 4.39 Å². The highest BCUT2D eigenvalue weighted by Gasteiger charge is 2.40. The standard InChI is InChI=1S/C20H22FNO6S/c1-13-2-3-15(21)10-14(13)12-28-17-4-6-18(7-5-17)29(26,27)22-9-8-16(23)11-19(22)20(24)25/h2-7,10,16,19,23H,8-9,11-12H2,1H3,(H,24,25). The van der Waals surface area contributed by atoms with Crippen molar-refractivity contribution in [1.82, 2.24) is 4.31 Å². The minimum atomic E-state index is -4.04. The summed E-state index contributed by atoms with van der Waals surface area (Å²) in [5.74, 6) is -1.26. The predicted octanol–water partition coefficient (Wildman–Crippen LogP) is 2.31. The van der Waals surface area contributed by atoms with Gasteiger partial charge in [-0.15, -0.1) is 0 Å². The first-order valence-electron chi connectivity index (χ1n) is 9.09. The molecule has 0 spiro atoms. The number of aliphatic carboxylic acids is 1. The number of piperidine rings is 1. The first-order chi connectivity index (χ1) is 13.7. The Hall–Kier alpha value is -2.49. The van der Waals surface area contributed by atoms with E-state index in [4.69, 9.17) is 4.74 Å². The quantitative estimate of drug-likeness (QED) is 0.739. The number of carboxylic acid groups (broad SMARTS) is 1. The molecule has 0 aliphatic carbocycles. The third kappa shape index (κ3) is 4.75.